The van der Waals surface area contributed by atoms with Gasteiger partial charge in [-0.15, -0.1) is 0 Å². The van der Waals surface area contributed by atoms with E-state index in [0.717, 1.165) is 34.3 Å². The number of hydrogen-bond donors (Lipinski definition) is 1. The monoisotopic (exact) mass is 685 g/mol. The molecule has 244 valence electrons. The van der Waals surface area contributed by atoms with E-state index in [9.17, 15) is 31.2 Å². The van der Waals surface area contributed by atoms with Gasteiger partial charge in [0, 0.05) is 42.0 Å². The lowest BCUT2D eigenvalue weighted by molar-refractivity contribution is -0.141. The smallest absolute Gasteiger partial charge is 0.352 e. The molecule has 0 saturated carbocycles. The lowest BCUT2D eigenvalue weighted by atomic mass is 10.0. The van der Waals surface area contributed by atoms with Gasteiger partial charge in [0.05, 0.1) is 17.5 Å². The maximum absolute atomic E-state index is 13.9. The zero-order valence-electron chi connectivity index (χ0n) is 25.2. The molecule has 0 aromatic heterocycles. The first-order valence-corrected chi connectivity index (χ1v) is 16.9. The Hall–Kier alpha value is -3.28. The molecule has 45 heavy (non-hydrogen) atoms. The van der Waals surface area contributed by atoms with Crippen molar-refractivity contribution in [1.82, 2.24) is 10.2 Å². The number of sulfonamides is 1. The van der Waals surface area contributed by atoms with Gasteiger partial charge in [-0.1, -0.05) is 72.6 Å². The highest BCUT2D eigenvalue weighted by Gasteiger charge is 2.33. The zero-order valence-corrected chi connectivity index (χ0v) is 27.5. The number of rotatable bonds is 14. The molecule has 1 N–H and O–H groups in total. The molecule has 0 bridgehead atoms. The minimum atomic E-state index is -4.66. The van der Waals surface area contributed by atoms with Crippen molar-refractivity contribution in [2.75, 3.05) is 17.1 Å². The van der Waals surface area contributed by atoms with Crippen molar-refractivity contribution in [3.63, 3.8) is 0 Å². The van der Waals surface area contributed by atoms with E-state index in [1.807, 2.05) is 44.2 Å². The van der Waals surface area contributed by atoms with Crippen molar-refractivity contribution < 1.29 is 31.2 Å². The molecular weight excluding hydrogens is 650 g/mol. The van der Waals surface area contributed by atoms with E-state index < -0.39 is 33.7 Å². The van der Waals surface area contributed by atoms with E-state index in [1.54, 1.807) is 12.1 Å². The molecule has 0 radical (unpaired) electrons. The van der Waals surface area contributed by atoms with Crippen LogP contribution in [-0.2, 0) is 38.8 Å². The van der Waals surface area contributed by atoms with E-state index in [2.05, 4.69) is 5.32 Å². The van der Waals surface area contributed by atoms with Crippen LogP contribution in [0.4, 0.5) is 18.9 Å². The maximum atomic E-state index is 13.9. The summed E-state index contributed by atoms with van der Waals surface area (Å²) in [5, 5.41) is 3.66. The summed E-state index contributed by atoms with van der Waals surface area (Å²) < 4.78 is 66.1. The van der Waals surface area contributed by atoms with Crippen LogP contribution in [0.5, 0.6) is 0 Å². The Balaban J connectivity index is 1.93. The van der Waals surface area contributed by atoms with Crippen LogP contribution in [0.25, 0.3) is 0 Å². The number of carbonyl (C=O) groups is 2. The Morgan fingerprint density at radius 3 is 2.27 bits per heavy atom. The quantitative estimate of drug-likeness (QED) is 0.196. The predicted octanol–water partition coefficient (Wildman–Crippen LogP) is 7.11. The van der Waals surface area contributed by atoms with Gasteiger partial charge >= 0.3 is 6.18 Å². The summed E-state index contributed by atoms with van der Waals surface area (Å²) in [7, 11) is -4.00. The fourth-order valence-corrected chi connectivity index (χ4v) is 6.10. The first-order valence-electron chi connectivity index (χ1n) is 14.3. The normalized spacial score (nSPS) is 13.2. The van der Waals surface area contributed by atoms with Crippen molar-refractivity contribution >= 4 is 50.7 Å². The Kier molecular flexibility index (Phi) is 12.7. The lowest BCUT2D eigenvalue weighted by Crippen LogP contribution is -2.52. The van der Waals surface area contributed by atoms with E-state index in [4.69, 9.17) is 23.2 Å². The fraction of sp³-hybridized carbons (Fsp3) is 0.375. The van der Waals surface area contributed by atoms with Gasteiger partial charge in [-0.2, -0.15) is 13.2 Å². The summed E-state index contributed by atoms with van der Waals surface area (Å²) in [5.41, 5.74) is 0.200. The SMILES string of the molecule is CC[C@@H](C)NC(=O)[C@@H](Cc1ccccc1)N(Cc1ccc(Cl)cc1Cl)C(=O)CCCN(c1cccc(C(F)(F)F)c1)S(C)(=O)=O. The Morgan fingerprint density at radius 1 is 0.978 bits per heavy atom. The van der Waals surface area contributed by atoms with Crippen LogP contribution < -0.4 is 9.62 Å². The average Bonchev–Trinajstić information content (AvgIpc) is 2.97. The number of nitrogens with zero attached hydrogens (tertiary/aromatic N) is 2. The molecule has 7 nitrogen and oxygen atoms in total. The molecule has 0 aliphatic carbocycles. The Bertz CT molecular complexity index is 1570. The van der Waals surface area contributed by atoms with Gasteiger partial charge in [-0.3, -0.25) is 13.9 Å². The van der Waals surface area contributed by atoms with E-state index >= 15 is 0 Å². The number of amides is 2. The van der Waals surface area contributed by atoms with Crippen molar-refractivity contribution in [3.8, 4) is 0 Å². The van der Waals surface area contributed by atoms with Gasteiger partial charge in [-0.25, -0.2) is 8.42 Å². The molecule has 0 spiro atoms. The molecule has 0 unspecified atom stereocenters. The van der Waals surface area contributed by atoms with Gasteiger partial charge in [0.15, 0.2) is 0 Å². The summed E-state index contributed by atoms with van der Waals surface area (Å²) in [6.45, 7) is 3.48. The largest absolute Gasteiger partial charge is 0.416 e. The van der Waals surface area contributed by atoms with Crippen molar-refractivity contribution in [2.24, 2.45) is 0 Å². The van der Waals surface area contributed by atoms with Crippen LogP contribution in [0.2, 0.25) is 10.0 Å². The summed E-state index contributed by atoms with van der Waals surface area (Å²) in [6, 6.07) is 16.9. The van der Waals surface area contributed by atoms with Gasteiger partial charge in [0.25, 0.3) is 0 Å². The number of alkyl halides is 3. The van der Waals surface area contributed by atoms with Gasteiger partial charge in [0.1, 0.15) is 6.04 Å². The third-order valence-electron chi connectivity index (χ3n) is 7.24. The van der Waals surface area contributed by atoms with Crippen LogP contribution in [-0.4, -0.2) is 50.0 Å². The van der Waals surface area contributed by atoms with Crippen molar-refractivity contribution in [2.45, 2.75) is 64.3 Å². The molecule has 13 heteroatoms. The van der Waals surface area contributed by atoms with Crippen LogP contribution in [0.1, 0.15) is 49.8 Å². The Morgan fingerprint density at radius 2 is 1.67 bits per heavy atom. The fourth-order valence-electron chi connectivity index (χ4n) is 4.67. The third kappa shape index (κ3) is 10.6. The minimum Gasteiger partial charge on any atom is -0.352 e. The van der Waals surface area contributed by atoms with E-state index in [-0.39, 0.29) is 50.0 Å². The van der Waals surface area contributed by atoms with Crippen molar-refractivity contribution in [3.05, 3.63) is 99.5 Å². The molecule has 0 fully saturated rings. The predicted molar refractivity (Wildman–Crippen MR) is 172 cm³/mol. The van der Waals surface area contributed by atoms with Crippen LogP contribution in [0.3, 0.4) is 0 Å². The Labute approximate surface area is 272 Å². The number of carbonyl (C=O) groups excluding carboxylic acids is 2. The number of hydrogen-bond acceptors (Lipinski definition) is 4. The molecule has 3 aromatic rings. The molecule has 2 amide bonds. The second-order valence-corrected chi connectivity index (χ2v) is 13.5. The summed E-state index contributed by atoms with van der Waals surface area (Å²) in [6.07, 6.45) is -3.14. The topological polar surface area (TPSA) is 86.8 Å². The van der Waals surface area contributed by atoms with Gasteiger partial charge in [-0.05, 0) is 61.2 Å². The zero-order chi connectivity index (χ0) is 33.4. The molecule has 3 rings (SSSR count). The number of halogens is 5. The molecule has 2 atom stereocenters. The van der Waals surface area contributed by atoms with E-state index in [0.29, 0.717) is 22.0 Å². The van der Waals surface area contributed by atoms with Gasteiger partial charge in [0.2, 0.25) is 21.8 Å². The molecule has 0 aliphatic heterocycles. The molecule has 0 aliphatic rings. The molecule has 3 aromatic carbocycles. The highest BCUT2D eigenvalue weighted by atomic mass is 35.5. The summed E-state index contributed by atoms with van der Waals surface area (Å²) in [5.74, 6) is -0.827. The van der Waals surface area contributed by atoms with Crippen LogP contribution >= 0.6 is 23.2 Å². The first kappa shape index (κ1) is 36.2. The molecule has 0 saturated heterocycles. The highest BCUT2D eigenvalue weighted by Crippen LogP contribution is 2.32. The average molecular weight is 687 g/mol. The minimum absolute atomic E-state index is 0.0297. The highest BCUT2D eigenvalue weighted by molar-refractivity contribution is 7.92. The second-order valence-electron chi connectivity index (χ2n) is 10.8. The molecule has 0 heterocycles. The lowest BCUT2D eigenvalue weighted by Gasteiger charge is -2.33. The number of benzene rings is 3. The third-order valence-corrected chi connectivity index (χ3v) is 9.02. The standard InChI is InChI=1S/C32H36Cl2F3N3O4S/c1-4-22(2)38-31(42)29(18-23-10-6-5-7-11-23)39(21-24-15-16-26(33)20-28(24)34)30(41)14-9-17-40(45(3,43)44)27-13-8-12-25(19-27)32(35,36)37/h5-8,10-13,15-16,19-20,22,29H,4,9,14,17-18,21H2,1-3H3,(H,38,42)/t22-,29-/m1/s1. The van der Waals surface area contributed by atoms with Gasteiger partial charge < -0.3 is 10.2 Å². The van der Waals surface area contributed by atoms with Crippen LogP contribution in [0.15, 0.2) is 72.8 Å². The second kappa shape index (κ2) is 15.8. The van der Waals surface area contributed by atoms with Crippen molar-refractivity contribution in [1.29, 1.82) is 0 Å². The first-order chi connectivity index (χ1) is 21.1. The summed E-state index contributed by atoms with van der Waals surface area (Å²) in [4.78, 5) is 29.0. The summed E-state index contributed by atoms with van der Waals surface area (Å²) >= 11 is 12.5. The van der Waals surface area contributed by atoms with E-state index in [1.165, 1.54) is 17.0 Å². The number of nitrogens with one attached hydrogen (secondary N) is 1. The maximum Gasteiger partial charge on any atom is 0.416 e. The number of anilines is 1. The van der Waals surface area contributed by atoms with Crippen LogP contribution in [0, 0.1) is 0 Å². The molecular formula is C32H36Cl2F3N3O4S.